The summed E-state index contributed by atoms with van der Waals surface area (Å²) in [4.78, 5) is 13.7. The number of rotatable bonds is 5. The summed E-state index contributed by atoms with van der Waals surface area (Å²) in [7, 11) is 1.43. The molecule has 0 bridgehead atoms. The van der Waals surface area contributed by atoms with Crippen LogP contribution in [0.25, 0.3) is 0 Å². The van der Waals surface area contributed by atoms with Gasteiger partial charge in [-0.25, -0.2) is 4.79 Å². The van der Waals surface area contributed by atoms with Crippen molar-refractivity contribution in [3.8, 4) is 0 Å². The highest BCUT2D eigenvalue weighted by atomic mass is 16.5. The normalized spacial score (nSPS) is 17.5. The van der Waals surface area contributed by atoms with Crippen molar-refractivity contribution in [2.24, 2.45) is 0 Å². The molecule has 1 unspecified atom stereocenters. The number of hydrogen-bond acceptors (Lipinski definition) is 4. The zero-order valence-electron chi connectivity index (χ0n) is 12.8. The molecule has 1 aromatic rings. The first kappa shape index (κ1) is 15.8. The fourth-order valence-corrected chi connectivity index (χ4v) is 2.82. The fourth-order valence-electron chi connectivity index (χ4n) is 2.82. The molecule has 1 atom stereocenters. The van der Waals surface area contributed by atoms with Crippen molar-refractivity contribution in [1.29, 1.82) is 0 Å². The summed E-state index contributed by atoms with van der Waals surface area (Å²) >= 11 is 0. The highest BCUT2D eigenvalue weighted by Crippen LogP contribution is 2.26. The number of carbonyl (C=O) groups excluding carboxylic acids is 1. The van der Waals surface area contributed by atoms with Crippen molar-refractivity contribution < 1.29 is 14.6 Å². The quantitative estimate of drug-likeness (QED) is 0.811. The van der Waals surface area contributed by atoms with Crippen molar-refractivity contribution in [1.82, 2.24) is 10.2 Å². The number of ether oxygens (including phenoxy) is 1. The maximum atomic E-state index is 11.9. The molecule has 0 saturated heterocycles. The van der Waals surface area contributed by atoms with Crippen LogP contribution in [0.3, 0.4) is 0 Å². The maximum Gasteiger partial charge on any atom is 0.410 e. The smallest absolute Gasteiger partial charge is 0.410 e. The zero-order valence-corrected chi connectivity index (χ0v) is 12.8. The van der Waals surface area contributed by atoms with Gasteiger partial charge in [-0.05, 0) is 29.5 Å². The van der Waals surface area contributed by atoms with Gasteiger partial charge in [0.05, 0.1) is 13.7 Å². The molecule has 0 spiro atoms. The Hall–Kier alpha value is -1.59. The predicted molar refractivity (Wildman–Crippen MR) is 81.0 cm³/mol. The number of benzene rings is 1. The van der Waals surface area contributed by atoms with Crippen LogP contribution in [-0.2, 0) is 24.2 Å². The van der Waals surface area contributed by atoms with Crippen LogP contribution in [0.15, 0.2) is 18.2 Å². The highest BCUT2D eigenvalue weighted by molar-refractivity contribution is 5.68. The van der Waals surface area contributed by atoms with E-state index in [9.17, 15) is 4.79 Å². The Balaban J connectivity index is 2.13. The Labute approximate surface area is 125 Å². The first-order valence-corrected chi connectivity index (χ1v) is 7.46. The van der Waals surface area contributed by atoms with Crippen LogP contribution in [0.1, 0.15) is 30.0 Å². The third-order valence-corrected chi connectivity index (χ3v) is 4.01. The molecule has 5 nitrogen and oxygen atoms in total. The van der Waals surface area contributed by atoms with E-state index in [1.807, 2.05) is 4.90 Å². The van der Waals surface area contributed by atoms with Gasteiger partial charge in [0, 0.05) is 25.7 Å². The number of nitrogens with zero attached hydrogens (tertiary/aromatic N) is 1. The summed E-state index contributed by atoms with van der Waals surface area (Å²) in [5.74, 6) is 0. The van der Waals surface area contributed by atoms with Crippen LogP contribution >= 0.6 is 0 Å². The topological polar surface area (TPSA) is 61.8 Å². The van der Waals surface area contributed by atoms with Gasteiger partial charge >= 0.3 is 6.09 Å². The van der Waals surface area contributed by atoms with Crippen LogP contribution < -0.4 is 5.32 Å². The lowest BCUT2D eigenvalue weighted by Gasteiger charge is -2.35. The van der Waals surface area contributed by atoms with Crippen LogP contribution in [-0.4, -0.2) is 42.4 Å². The highest BCUT2D eigenvalue weighted by Gasteiger charge is 2.29. The number of fused-ring (bicyclic) bond motifs is 1. The molecule has 1 aliphatic rings. The molecule has 1 heterocycles. The van der Waals surface area contributed by atoms with E-state index < -0.39 is 0 Å². The first-order chi connectivity index (χ1) is 10.2. The van der Waals surface area contributed by atoms with E-state index in [1.54, 1.807) is 0 Å². The molecule has 2 N–H and O–H groups in total. The van der Waals surface area contributed by atoms with Gasteiger partial charge in [-0.3, -0.25) is 0 Å². The predicted octanol–water partition coefficient (Wildman–Crippen LogP) is 1.67. The Morgan fingerprint density at radius 2 is 2.29 bits per heavy atom. The van der Waals surface area contributed by atoms with Crippen molar-refractivity contribution in [2.75, 3.05) is 20.3 Å². The molecule has 0 fully saturated rings. The summed E-state index contributed by atoms with van der Waals surface area (Å²) in [5, 5.41) is 12.0. The van der Waals surface area contributed by atoms with E-state index in [1.165, 1.54) is 23.8 Å². The summed E-state index contributed by atoms with van der Waals surface area (Å²) in [6, 6.07) is 6.57. The minimum Gasteiger partial charge on any atom is -0.453 e. The minimum atomic E-state index is -0.249. The monoisotopic (exact) mass is 292 g/mol. The third kappa shape index (κ3) is 3.74. The lowest BCUT2D eigenvalue weighted by molar-refractivity contribution is 0.0950. The molecule has 0 aromatic heterocycles. The van der Waals surface area contributed by atoms with E-state index >= 15 is 0 Å². The second kappa shape index (κ2) is 7.43. The molecule has 0 aliphatic carbocycles. The summed E-state index contributed by atoms with van der Waals surface area (Å²) in [6.45, 7) is 4.22. The molecule has 0 radical (unpaired) electrons. The van der Waals surface area contributed by atoms with Gasteiger partial charge in [0.2, 0.25) is 0 Å². The number of amides is 1. The Kier molecular flexibility index (Phi) is 5.59. The van der Waals surface area contributed by atoms with E-state index in [4.69, 9.17) is 9.84 Å². The molecule has 21 heavy (non-hydrogen) atoms. The average molecular weight is 292 g/mol. The van der Waals surface area contributed by atoms with Gasteiger partial charge in [0.1, 0.15) is 0 Å². The van der Waals surface area contributed by atoms with Crippen LogP contribution in [0.4, 0.5) is 4.79 Å². The summed E-state index contributed by atoms with van der Waals surface area (Å²) in [6.07, 6.45) is 1.54. The number of nitrogens with one attached hydrogen (secondary N) is 1. The molecule has 1 aromatic carbocycles. The average Bonchev–Trinajstić information content (AvgIpc) is 2.53. The minimum absolute atomic E-state index is 0.150. The zero-order chi connectivity index (χ0) is 15.2. The van der Waals surface area contributed by atoms with Gasteiger partial charge < -0.3 is 20.1 Å². The van der Waals surface area contributed by atoms with Crippen molar-refractivity contribution in [3.63, 3.8) is 0 Å². The lowest BCUT2D eigenvalue weighted by Crippen LogP contribution is -2.43. The van der Waals surface area contributed by atoms with Gasteiger partial charge in [-0.2, -0.15) is 0 Å². The Morgan fingerprint density at radius 3 is 2.95 bits per heavy atom. The van der Waals surface area contributed by atoms with E-state index in [0.717, 1.165) is 19.4 Å². The van der Waals surface area contributed by atoms with Crippen LogP contribution in [0.2, 0.25) is 0 Å². The molecule has 2 rings (SSSR count). The van der Waals surface area contributed by atoms with E-state index in [-0.39, 0.29) is 18.7 Å². The largest absolute Gasteiger partial charge is 0.453 e. The molecule has 0 saturated carbocycles. The number of methoxy groups -OCH3 is 1. The summed E-state index contributed by atoms with van der Waals surface area (Å²) in [5.41, 5.74) is 3.71. The third-order valence-electron chi connectivity index (χ3n) is 4.01. The number of aliphatic hydroxyl groups excluding tert-OH is 1. The van der Waals surface area contributed by atoms with E-state index in [2.05, 4.69) is 30.4 Å². The van der Waals surface area contributed by atoms with Crippen LogP contribution in [0.5, 0.6) is 0 Å². The molecule has 116 valence electrons. The van der Waals surface area contributed by atoms with E-state index in [0.29, 0.717) is 13.1 Å². The standard InChI is InChI=1S/C16H24N2O3/c1-3-15-9-14-8-12(10-17-6-7-19)4-5-13(14)11-18(15)16(20)21-2/h4-5,8,15,17,19H,3,6-7,9-11H2,1-2H3. The van der Waals surface area contributed by atoms with Gasteiger partial charge in [-0.15, -0.1) is 0 Å². The van der Waals surface area contributed by atoms with Gasteiger partial charge in [-0.1, -0.05) is 25.1 Å². The Bertz CT molecular complexity index is 490. The van der Waals surface area contributed by atoms with Gasteiger partial charge in [0.25, 0.3) is 0 Å². The number of hydrogen-bond donors (Lipinski definition) is 2. The molecule has 1 aliphatic heterocycles. The fraction of sp³-hybridized carbons (Fsp3) is 0.562. The lowest BCUT2D eigenvalue weighted by atomic mass is 9.91. The molecule has 1 amide bonds. The number of carbonyl (C=O) groups is 1. The van der Waals surface area contributed by atoms with Crippen molar-refractivity contribution in [3.05, 3.63) is 34.9 Å². The first-order valence-electron chi connectivity index (χ1n) is 7.46. The molecule has 5 heteroatoms. The Morgan fingerprint density at radius 1 is 1.48 bits per heavy atom. The second-order valence-electron chi connectivity index (χ2n) is 5.37. The van der Waals surface area contributed by atoms with Crippen LogP contribution in [0, 0.1) is 0 Å². The second-order valence-corrected chi connectivity index (χ2v) is 5.37. The van der Waals surface area contributed by atoms with Crippen molar-refractivity contribution in [2.45, 2.75) is 38.9 Å². The maximum absolute atomic E-state index is 11.9. The van der Waals surface area contributed by atoms with Crippen molar-refractivity contribution >= 4 is 6.09 Å². The number of aliphatic hydroxyl groups is 1. The van der Waals surface area contributed by atoms with Gasteiger partial charge in [0.15, 0.2) is 0 Å². The SMILES string of the molecule is CCC1Cc2cc(CNCCO)ccc2CN1C(=O)OC. The summed E-state index contributed by atoms with van der Waals surface area (Å²) < 4.78 is 4.88. The molecular weight excluding hydrogens is 268 g/mol. The molecular formula is C16H24N2O3.